The number of nitrogens with one attached hydrogen (secondary N) is 2. The highest BCUT2D eigenvalue weighted by atomic mass is 16.6. The number of hydrazine groups is 1. The largest absolute Gasteiger partial charge is 0.399 e. The van der Waals surface area contributed by atoms with Gasteiger partial charge in [0.05, 0.1) is 11.8 Å². The van der Waals surface area contributed by atoms with Crippen molar-refractivity contribution >= 4 is 5.71 Å². The van der Waals surface area contributed by atoms with Gasteiger partial charge in [0.1, 0.15) is 7.11 Å². The number of hydrogen-bond donors (Lipinski definition) is 2. The lowest BCUT2D eigenvalue weighted by Gasteiger charge is -2.30. The fraction of sp³-hybridized carbons (Fsp3) is 0.533. The molecule has 3 unspecified atom stereocenters. The van der Waals surface area contributed by atoms with Crippen molar-refractivity contribution in [2.24, 2.45) is 16.5 Å². The highest BCUT2D eigenvalue weighted by Crippen LogP contribution is 2.45. The summed E-state index contributed by atoms with van der Waals surface area (Å²) in [6.07, 6.45) is 0. The van der Waals surface area contributed by atoms with E-state index in [1.807, 2.05) is 0 Å². The smallest absolute Gasteiger partial charge is 0.106 e. The Morgan fingerprint density at radius 3 is 2.58 bits per heavy atom. The predicted octanol–water partition coefficient (Wildman–Crippen LogP) is 2.23. The van der Waals surface area contributed by atoms with E-state index < -0.39 is 0 Å². The molecule has 2 N–H and O–H groups in total. The summed E-state index contributed by atoms with van der Waals surface area (Å²) >= 11 is 0. The molecule has 0 saturated carbocycles. The molecular formula is C15H21N3O. The third-order valence-corrected chi connectivity index (χ3v) is 4.12. The molecular weight excluding hydrogens is 238 g/mol. The first kappa shape index (κ1) is 12.6. The van der Waals surface area contributed by atoms with Crippen molar-refractivity contribution in [3.05, 3.63) is 35.4 Å². The Bertz CT molecular complexity index is 518. The summed E-state index contributed by atoms with van der Waals surface area (Å²) < 4.78 is 0. The molecule has 0 amide bonds. The number of oxime groups is 1. The highest BCUT2D eigenvalue weighted by molar-refractivity contribution is 6.07. The average molecular weight is 259 g/mol. The summed E-state index contributed by atoms with van der Waals surface area (Å²) in [5.74, 6) is 0.317. The summed E-state index contributed by atoms with van der Waals surface area (Å²) in [6, 6.07) is 9.06. The van der Waals surface area contributed by atoms with Gasteiger partial charge in [-0.3, -0.25) is 5.43 Å². The van der Waals surface area contributed by atoms with Crippen LogP contribution in [0.3, 0.4) is 0 Å². The molecule has 1 aliphatic heterocycles. The summed E-state index contributed by atoms with van der Waals surface area (Å²) in [7, 11) is 1.62. The van der Waals surface area contributed by atoms with Crippen molar-refractivity contribution in [1.82, 2.24) is 10.9 Å². The van der Waals surface area contributed by atoms with Crippen LogP contribution in [-0.4, -0.2) is 18.9 Å². The van der Waals surface area contributed by atoms with Crippen LogP contribution in [0, 0.1) is 11.3 Å². The molecule has 2 aliphatic rings. The number of nitrogens with zero attached hydrogens (tertiary/aromatic N) is 1. The molecule has 3 rings (SSSR count). The van der Waals surface area contributed by atoms with E-state index >= 15 is 0 Å². The summed E-state index contributed by atoms with van der Waals surface area (Å²) in [5.41, 5.74) is 10.6. The second-order valence-electron chi connectivity index (χ2n) is 6.38. The van der Waals surface area contributed by atoms with Crippen molar-refractivity contribution in [1.29, 1.82) is 0 Å². The van der Waals surface area contributed by atoms with Crippen LogP contribution in [0.15, 0.2) is 29.4 Å². The first-order valence-electron chi connectivity index (χ1n) is 6.75. The maximum Gasteiger partial charge on any atom is 0.106 e. The van der Waals surface area contributed by atoms with E-state index in [-0.39, 0.29) is 11.5 Å². The van der Waals surface area contributed by atoms with Crippen molar-refractivity contribution in [3.8, 4) is 0 Å². The second kappa shape index (κ2) is 4.32. The van der Waals surface area contributed by atoms with Gasteiger partial charge in [0.15, 0.2) is 0 Å². The molecule has 19 heavy (non-hydrogen) atoms. The van der Waals surface area contributed by atoms with Crippen LogP contribution < -0.4 is 10.9 Å². The monoisotopic (exact) mass is 259 g/mol. The minimum absolute atomic E-state index is 0.156. The molecule has 0 bridgehead atoms. The molecule has 1 fully saturated rings. The van der Waals surface area contributed by atoms with Gasteiger partial charge in [-0.25, -0.2) is 5.43 Å². The van der Waals surface area contributed by atoms with E-state index in [1.165, 1.54) is 11.1 Å². The van der Waals surface area contributed by atoms with Crippen LogP contribution in [0.2, 0.25) is 0 Å². The number of rotatable bonds is 1. The van der Waals surface area contributed by atoms with Crippen molar-refractivity contribution in [2.45, 2.75) is 32.9 Å². The Morgan fingerprint density at radius 2 is 1.89 bits per heavy atom. The number of benzene rings is 1. The second-order valence-corrected chi connectivity index (χ2v) is 6.38. The van der Waals surface area contributed by atoms with E-state index in [0.717, 1.165) is 5.71 Å². The van der Waals surface area contributed by atoms with Gasteiger partial charge in [0.2, 0.25) is 0 Å². The molecule has 1 aromatic carbocycles. The van der Waals surface area contributed by atoms with Crippen molar-refractivity contribution in [2.75, 3.05) is 7.11 Å². The summed E-state index contributed by atoms with van der Waals surface area (Å²) in [6.45, 7) is 6.76. The van der Waals surface area contributed by atoms with Gasteiger partial charge in [-0.05, 0) is 11.0 Å². The zero-order valence-corrected chi connectivity index (χ0v) is 11.9. The topological polar surface area (TPSA) is 45.6 Å². The van der Waals surface area contributed by atoms with Gasteiger partial charge < -0.3 is 4.84 Å². The lowest BCUT2D eigenvalue weighted by molar-refractivity contribution is 0.207. The molecule has 102 valence electrons. The number of hydrogen-bond acceptors (Lipinski definition) is 4. The van der Waals surface area contributed by atoms with Crippen molar-refractivity contribution in [3.63, 3.8) is 0 Å². The molecule has 4 heteroatoms. The zero-order valence-electron chi connectivity index (χ0n) is 11.9. The third-order valence-electron chi connectivity index (χ3n) is 4.12. The molecule has 4 nitrogen and oxygen atoms in total. The molecule has 0 spiro atoms. The summed E-state index contributed by atoms with van der Waals surface area (Å²) in [4.78, 5) is 5.08. The molecule has 1 heterocycles. The molecule has 0 radical (unpaired) electrons. The van der Waals surface area contributed by atoms with Crippen LogP contribution in [0.4, 0.5) is 0 Å². The molecule has 1 aromatic rings. The quantitative estimate of drug-likeness (QED) is 0.760. The van der Waals surface area contributed by atoms with E-state index in [2.05, 4.69) is 61.0 Å². The molecule has 1 saturated heterocycles. The summed E-state index contributed by atoms with van der Waals surface area (Å²) in [5, 5.41) is 4.31. The van der Waals surface area contributed by atoms with Crippen molar-refractivity contribution < 1.29 is 4.84 Å². The van der Waals surface area contributed by atoms with E-state index in [1.54, 1.807) is 7.11 Å². The lowest BCUT2D eigenvalue weighted by atomic mass is 9.77. The maximum atomic E-state index is 5.08. The van der Waals surface area contributed by atoms with E-state index in [0.29, 0.717) is 12.0 Å². The molecule has 3 atom stereocenters. The van der Waals surface area contributed by atoms with Gasteiger partial charge in [-0.1, -0.05) is 50.2 Å². The minimum atomic E-state index is 0.156. The molecule has 0 aromatic heterocycles. The van der Waals surface area contributed by atoms with E-state index in [4.69, 9.17) is 4.84 Å². The van der Waals surface area contributed by atoms with E-state index in [9.17, 15) is 0 Å². The third kappa shape index (κ3) is 1.86. The minimum Gasteiger partial charge on any atom is -0.399 e. The van der Waals surface area contributed by atoms with Crippen LogP contribution in [0.5, 0.6) is 0 Å². The fourth-order valence-electron chi connectivity index (χ4n) is 3.28. The predicted molar refractivity (Wildman–Crippen MR) is 75.7 cm³/mol. The fourth-order valence-corrected chi connectivity index (χ4v) is 3.28. The van der Waals surface area contributed by atoms with Crippen LogP contribution in [0.1, 0.15) is 37.9 Å². The van der Waals surface area contributed by atoms with Gasteiger partial charge in [-0.15, -0.1) is 0 Å². The maximum absolute atomic E-state index is 5.08. The Hall–Kier alpha value is -1.39. The Labute approximate surface area is 114 Å². The Kier molecular flexibility index (Phi) is 2.87. The highest BCUT2D eigenvalue weighted by Gasteiger charge is 2.50. The van der Waals surface area contributed by atoms with Gasteiger partial charge in [0.25, 0.3) is 0 Å². The van der Waals surface area contributed by atoms with Gasteiger partial charge in [-0.2, -0.15) is 0 Å². The zero-order chi connectivity index (χ0) is 13.6. The first-order valence-corrected chi connectivity index (χ1v) is 6.75. The van der Waals surface area contributed by atoms with Gasteiger partial charge in [0, 0.05) is 17.5 Å². The van der Waals surface area contributed by atoms with Crippen LogP contribution in [-0.2, 0) is 4.84 Å². The first-order chi connectivity index (χ1) is 9.04. The number of fused-ring (bicyclic) bond motifs is 3. The average Bonchev–Trinajstić information content (AvgIpc) is 2.90. The SMILES string of the molecule is CO/N=C1\c2ccccc2C2NNC(C(C)(C)C)C12. The Morgan fingerprint density at radius 1 is 1.16 bits per heavy atom. The standard InChI is InChI=1S/C15H21N3O/c1-15(2,3)14-11-12(16-17-14)9-7-5-6-8-10(9)13(11)18-19-4/h5-8,11-12,14,16-17H,1-4H3/b18-13+. The normalized spacial score (nSPS) is 31.4. The van der Waals surface area contributed by atoms with Crippen LogP contribution >= 0.6 is 0 Å². The lowest BCUT2D eigenvalue weighted by Crippen LogP contribution is -2.44. The van der Waals surface area contributed by atoms with Crippen LogP contribution in [0.25, 0.3) is 0 Å². The molecule has 1 aliphatic carbocycles. The Balaban J connectivity index is 2.09. The van der Waals surface area contributed by atoms with Gasteiger partial charge >= 0.3 is 0 Å².